The number of halogens is 2. The van der Waals surface area contributed by atoms with E-state index in [2.05, 4.69) is 0 Å². The van der Waals surface area contributed by atoms with Crippen molar-refractivity contribution in [2.24, 2.45) is 0 Å². The zero-order valence-electron chi connectivity index (χ0n) is 14.1. The molecule has 130 valence electrons. The Balaban J connectivity index is 1.70. The lowest BCUT2D eigenvalue weighted by atomic mass is 10.1. The number of likely N-dealkylation sites (N-methyl/N-ethyl adjacent to an activating group) is 1. The molecule has 0 saturated heterocycles. The van der Waals surface area contributed by atoms with Crippen molar-refractivity contribution >= 4 is 12.0 Å². The van der Waals surface area contributed by atoms with Crippen LogP contribution in [0.25, 0.3) is 6.08 Å². The maximum absolute atomic E-state index is 13.4. The molecular formula is C20H19F2NO2. The summed E-state index contributed by atoms with van der Waals surface area (Å²) in [5.74, 6) is -1.13. The monoisotopic (exact) mass is 343 g/mol. The summed E-state index contributed by atoms with van der Waals surface area (Å²) < 4.78 is 31.9. The first-order valence-electron chi connectivity index (χ1n) is 8.11. The molecule has 1 unspecified atom stereocenters. The van der Waals surface area contributed by atoms with Crippen LogP contribution in [-0.2, 0) is 11.2 Å². The summed E-state index contributed by atoms with van der Waals surface area (Å²) in [5.41, 5.74) is 2.60. The number of rotatable bonds is 4. The molecule has 0 N–H and O–H groups in total. The fourth-order valence-electron chi connectivity index (χ4n) is 2.78. The average molecular weight is 343 g/mol. The second kappa shape index (κ2) is 7.05. The SMILES string of the molecule is CC(c1ccc(F)c(F)c1)N(C)C(=O)/C=C/c1ccc2c(c1)CCO2. The minimum atomic E-state index is -0.916. The van der Waals surface area contributed by atoms with E-state index in [0.29, 0.717) is 12.2 Å². The van der Waals surface area contributed by atoms with Gasteiger partial charge in [-0.05, 0) is 54.0 Å². The summed E-state index contributed by atoms with van der Waals surface area (Å²) in [6.45, 7) is 2.46. The highest BCUT2D eigenvalue weighted by molar-refractivity contribution is 5.92. The normalized spacial score (nSPS) is 14.2. The highest BCUT2D eigenvalue weighted by Gasteiger charge is 2.17. The highest BCUT2D eigenvalue weighted by Crippen LogP contribution is 2.26. The van der Waals surface area contributed by atoms with Gasteiger partial charge in [0.2, 0.25) is 5.91 Å². The third-order valence-corrected chi connectivity index (χ3v) is 4.49. The van der Waals surface area contributed by atoms with E-state index in [4.69, 9.17) is 4.74 Å². The molecule has 0 spiro atoms. The summed E-state index contributed by atoms with van der Waals surface area (Å²) in [6, 6.07) is 9.10. The van der Waals surface area contributed by atoms with Gasteiger partial charge in [-0.3, -0.25) is 4.79 Å². The topological polar surface area (TPSA) is 29.5 Å². The van der Waals surface area contributed by atoms with Crippen LogP contribution in [-0.4, -0.2) is 24.5 Å². The predicted octanol–water partition coefficient (Wildman–Crippen LogP) is 4.13. The van der Waals surface area contributed by atoms with Crippen molar-refractivity contribution in [1.29, 1.82) is 0 Å². The molecule has 0 saturated carbocycles. The molecule has 0 bridgehead atoms. The van der Waals surface area contributed by atoms with Crippen molar-refractivity contribution in [3.05, 3.63) is 70.8 Å². The molecule has 1 amide bonds. The number of amides is 1. The number of hydrogen-bond acceptors (Lipinski definition) is 2. The maximum atomic E-state index is 13.4. The number of ether oxygens (including phenoxy) is 1. The fraction of sp³-hybridized carbons (Fsp3) is 0.250. The van der Waals surface area contributed by atoms with Crippen LogP contribution in [0, 0.1) is 11.6 Å². The van der Waals surface area contributed by atoms with Gasteiger partial charge >= 0.3 is 0 Å². The number of fused-ring (bicyclic) bond motifs is 1. The van der Waals surface area contributed by atoms with Gasteiger partial charge in [0.25, 0.3) is 0 Å². The van der Waals surface area contributed by atoms with E-state index < -0.39 is 11.6 Å². The predicted molar refractivity (Wildman–Crippen MR) is 92.2 cm³/mol. The molecule has 2 aromatic carbocycles. The summed E-state index contributed by atoms with van der Waals surface area (Å²) in [5, 5.41) is 0. The molecular weight excluding hydrogens is 324 g/mol. The van der Waals surface area contributed by atoms with Gasteiger partial charge in [-0.15, -0.1) is 0 Å². The summed E-state index contributed by atoms with van der Waals surface area (Å²) in [7, 11) is 1.63. The van der Waals surface area contributed by atoms with Crippen LogP contribution < -0.4 is 4.74 Å². The number of hydrogen-bond donors (Lipinski definition) is 0. The Hall–Kier alpha value is -2.69. The standard InChI is InChI=1S/C20H19F2NO2/c1-13(15-5-6-17(21)18(22)12-15)23(2)20(24)8-4-14-3-7-19-16(11-14)9-10-25-19/h3-8,11-13H,9-10H2,1-2H3/b8-4+. The molecule has 0 aliphatic carbocycles. The van der Waals surface area contributed by atoms with E-state index in [-0.39, 0.29) is 11.9 Å². The van der Waals surface area contributed by atoms with Gasteiger partial charge in [0.05, 0.1) is 12.6 Å². The van der Waals surface area contributed by atoms with Crippen molar-refractivity contribution < 1.29 is 18.3 Å². The Labute approximate surface area is 145 Å². The molecule has 1 heterocycles. The smallest absolute Gasteiger partial charge is 0.246 e. The zero-order valence-corrected chi connectivity index (χ0v) is 14.1. The van der Waals surface area contributed by atoms with Crippen molar-refractivity contribution in [3.8, 4) is 5.75 Å². The largest absolute Gasteiger partial charge is 0.493 e. The Morgan fingerprint density at radius 3 is 2.76 bits per heavy atom. The summed E-state index contributed by atoms with van der Waals surface area (Å²) in [4.78, 5) is 13.8. The Morgan fingerprint density at radius 2 is 2.00 bits per heavy atom. The van der Waals surface area contributed by atoms with Crippen molar-refractivity contribution in [3.63, 3.8) is 0 Å². The lowest BCUT2D eigenvalue weighted by Gasteiger charge is -2.24. The molecule has 1 aliphatic heterocycles. The van der Waals surface area contributed by atoms with E-state index >= 15 is 0 Å². The molecule has 0 radical (unpaired) electrons. The lowest BCUT2D eigenvalue weighted by Crippen LogP contribution is -2.28. The minimum absolute atomic E-state index is 0.214. The van der Waals surface area contributed by atoms with Gasteiger partial charge in [-0.2, -0.15) is 0 Å². The van der Waals surface area contributed by atoms with Crippen LogP contribution in [0.4, 0.5) is 8.78 Å². The van der Waals surface area contributed by atoms with Crippen LogP contribution in [0.1, 0.15) is 29.7 Å². The first-order valence-corrected chi connectivity index (χ1v) is 8.11. The molecule has 1 atom stereocenters. The van der Waals surface area contributed by atoms with Crippen LogP contribution in [0.3, 0.4) is 0 Å². The molecule has 0 fully saturated rings. The second-order valence-corrected chi connectivity index (χ2v) is 6.10. The molecule has 25 heavy (non-hydrogen) atoms. The molecule has 3 nitrogen and oxygen atoms in total. The van der Waals surface area contributed by atoms with Gasteiger partial charge in [-0.1, -0.05) is 12.1 Å². The first-order chi connectivity index (χ1) is 12.0. The van der Waals surface area contributed by atoms with Gasteiger partial charge in [0.15, 0.2) is 11.6 Å². The number of benzene rings is 2. The van der Waals surface area contributed by atoms with Crippen molar-refractivity contribution in [1.82, 2.24) is 4.90 Å². The molecule has 2 aromatic rings. The van der Waals surface area contributed by atoms with Gasteiger partial charge in [0.1, 0.15) is 5.75 Å². The lowest BCUT2D eigenvalue weighted by molar-refractivity contribution is -0.126. The third-order valence-electron chi connectivity index (χ3n) is 4.49. The molecule has 3 rings (SSSR count). The van der Waals surface area contributed by atoms with Crippen LogP contribution in [0.15, 0.2) is 42.5 Å². The van der Waals surface area contributed by atoms with E-state index in [0.717, 1.165) is 35.4 Å². The van der Waals surface area contributed by atoms with Gasteiger partial charge < -0.3 is 9.64 Å². The fourth-order valence-corrected chi connectivity index (χ4v) is 2.78. The summed E-state index contributed by atoms with van der Waals surface area (Å²) >= 11 is 0. The Kier molecular flexibility index (Phi) is 4.83. The number of carbonyl (C=O) groups excluding carboxylic acids is 1. The third kappa shape index (κ3) is 3.71. The minimum Gasteiger partial charge on any atom is -0.493 e. The van der Waals surface area contributed by atoms with Crippen molar-refractivity contribution in [2.45, 2.75) is 19.4 Å². The average Bonchev–Trinajstić information content (AvgIpc) is 3.08. The van der Waals surface area contributed by atoms with E-state index in [1.165, 1.54) is 17.0 Å². The van der Waals surface area contributed by atoms with Crippen LogP contribution in [0.2, 0.25) is 0 Å². The molecule has 0 aromatic heterocycles. The summed E-state index contributed by atoms with van der Waals surface area (Å²) in [6.07, 6.45) is 4.10. The Bertz CT molecular complexity index is 832. The van der Waals surface area contributed by atoms with Gasteiger partial charge in [-0.25, -0.2) is 8.78 Å². The van der Waals surface area contributed by atoms with E-state index in [1.807, 2.05) is 18.2 Å². The van der Waals surface area contributed by atoms with Gasteiger partial charge in [0, 0.05) is 19.5 Å². The maximum Gasteiger partial charge on any atom is 0.246 e. The van der Waals surface area contributed by atoms with Crippen LogP contribution >= 0.6 is 0 Å². The quantitative estimate of drug-likeness (QED) is 0.781. The number of carbonyl (C=O) groups is 1. The van der Waals surface area contributed by atoms with Crippen LogP contribution in [0.5, 0.6) is 5.75 Å². The van der Waals surface area contributed by atoms with E-state index in [9.17, 15) is 13.6 Å². The molecule has 5 heteroatoms. The Morgan fingerprint density at radius 1 is 1.20 bits per heavy atom. The van der Waals surface area contributed by atoms with E-state index in [1.54, 1.807) is 20.0 Å². The zero-order chi connectivity index (χ0) is 18.0. The number of nitrogens with zero attached hydrogens (tertiary/aromatic N) is 1. The first kappa shape index (κ1) is 17.1. The highest BCUT2D eigenvalue weighted by atomic mass is 19.2. The second-order valence-electron chi connectivity index (χ2n) is 6.10. The van der Waals surface area contributed by atoms with Crippen molar-refractivity contribution in [2.75, 3.05) is 13.7 Å². The molecule has 1 aliphatic rings.